The van der Waals surface area contributed by atoms with Crippen LogP contribution in [0.5, 0.6) is 0 Å². The maximum absolute atomic E-state index is 8.65. The minimum absolute atomic E-state index is 0.719. The molecule has 0 saturated carbocycles. The lowest BCUT2D eigenvalue weighted by Crippen LogP contribution is -1.95. The molecule has 0 saturated heterocycles. The summed E-state index contributed by atoms with van der Waals surface area (Å²) in [6, 6.07) is 5.72. The molecule has 0 fully saturated rings. The van der Waals surface area contributed by atoms with Crippen LogP contribution in [0.15, 0.2) is 23.4 Å². The highest BCUT2D eigenvalue weighted by Gasteiger charge is 2.17. The van der Waals surface area contributed by atoms with Gasteiger partial charge in [0.15, 0.2) is 0 Å². The lowest BCUT2D eigenvalue weighted by molar-refractivity contribution is 0.318. The molecule has 0 radical (unpaired) electrons. The number of anilines is 1. The van der Waals surface area contributed by atoms with E-state index in [1.54, 1.807) is 0 Å². The van der Waals surface area contributed by atoms with Crippen LogP contribution in [0.2, 0.25) is 0 Å². The molecule has 0 atom stereocenters. The van der Waals surface area contributed by atoms with Gasteiger partial charge in [0.25, 0.3) is 0 Å². The Hall–Kier alpha value is -1.51. The summed E-state index contributed by atoms with van der Waals surface area (Å²) in [5.74, 6) is 0. The molecular formula is C9H10N2O. The largest absolute Gasteiger partial charge is 0.411 e. The fraction of sp³-hybridized carbons (Fsp3) is 0.222. The Morgan fingerprint density at radius 2 is 2.17 bits per heavy atom. The first-order chi connectivity index (χ1) is 5.81. The van der Waals surface area contributed by atoms with Crippen LogP contribution in [-0.2, 0) is 6.42 Å². The summed E-state index contributed by atoms with van der Waals surface area (Å²) in [6.07, 6.45) is 1.77. The maximum Gasteiger partial charge on any atom is 0.0874 e. The van der Waals surface area contributed by atoms with Gasteiger partial charge in [0.05, 0.1) is 5.71 Å². The quantitative estimate of drug-likeness (QED) is 0.344. The van der Waals surface area contributed by atoms with E-state index in [1.165, 1.54) is 5.56 Å². The van der Waals surface area contributed by atoms with E-state index in [0.717, 1.165) is 29.8 Å². The standard InChI is InChI=1S/C9H10N2O/c10-7-3-1-6-2-4-9(11-12)8(6)5-7/h1,3,5,12H,2,4,10H2. The number of nitrogens with two attached hydrogens (primary N) is 1. The zero-order valence-corrected chi connectivity index (χ0v) is 6.62. The second-order valence-electron chi connectivity index (χ2n) is 2.96. The van der Waals surface area contributed by atoms with Crippen LogP contribution in [0.3, 0.4) is 0 Å². The summed E-state index contributed by atoms with van der Waals surface area (Å²) in [4.78, 5) is 0. The first-order valence-corrected chi connectivity index (χ1v) is 3.91. The van der Waals surface area contributed by atoms with Crippen LogP contribution in [-0.4, -0.2) is 10.9 Å². The lowest BCUT2D eigenvalue weighted by Gasteiger charge is -1.99. The van der Waals surface area contributed by atoms with Crippen molar-refractivity contribution in [1.82, 2.24) is 0 Å². The van der Waals surface area contributed by atoms with Gasteiger partial charge in [-0.05, 0) is 30.5 Å². The fourth-order valence-corrected chi connectivity index (χ4v) is 1.57. The van der Waals surface area contributed by atoms with E-state index in [1.807, 2.05) is 18.2 Å². The molecule has 1 aromatic rings. The van der Waals surface area contributed by atoms with Crippen molar-refractivity contribution in [2.75, 3.05) is 5.73 Å². The average Bonchev–Trinajstić information content (AvgIpc) is 2.46. The fourth-order valence-electron chi connectivity index (χ4n) is 1.57. The highest BCUT2D eigenvalue weighted by molar-refractivity contribution is 6.04. The molecule has 2 rings (SSSR count). The Labute approximate surface area is 70.5 Å². The van der Waals surface area contributed by atoms with Gasteiger partial charge in [-0.2, -0.15) is 0 Å². The SMILES string of the molecule is Nc1ccc2c(c1)C(=NO)CC2. The van der Waals surface area contributed by atoms with Gasteiger partial charge in [-0.15, -0.1) is 0 Å². The summed E-state index contributed by atoms with van der Waals surface area (Å²) >= 11 is 0. The van der Waals surface area contributed by atoms with E-state index in [4.69, 9.17) is 10.9 Å². The summed E-state index contributed by atoms with van der Waals surface area (Å²) < 4.78 is 0. The van der Waals surface area contributed by atoms with Crippen molar-refractivity contribution in [2.45, 2.75) is 12.8 Å². The Balaban J connectivity index is 2.57. The average molecular weight is 162 g/mol. The van der Waals surface area contributed by atoms with Gasteiger partial charge >= 0.3 is 0 Å². The molecule has 0 heterocycles. The first kappa shape index (κ1) is 7.16. The van der Waals surface area contributed by atoms with Crippen LogP contribution in [0, 0.1) is 0 Å². The molecule has 12 heavy (non-hydrogen) atoms. The predicted molar refractivity (Wildman–Crippen MR) is 47.5 cm³/mol. The molecular weight excluding hydrogens is 152 g/mol. The number of oxime groups is 1. The maximum atomic E-state index is 8.65. The normalized spacial score (nSPS) is 18.2. The van der Waals surface area contributed by atoms with Crippen LogP contribution in [0.25, 0.3) is 0 Å². The molecule has 0 bridgehead atoms. The molecule has 0 aliphatic heterocycles. The third-order valence-electron chi connectivity index (χ3n) is 2.20. The Bertz CT molecular complexity index is 344. The highest BCUT2D eigenvalue weighted by atomic mass is 16.4. The smallest absolute Gasteiger partial charge is 0.0874 e. The highest BCUT2D eigenvalue weighted by Crippen LogP contribution is 2.24. The second-order valence-corrected chi connectivity index (χ2v) is 2.96. The summed E-state index contributed by atoms with van der Waals surface area (Å²) in [5.41, 5.74) is 9.30. The summed E-state index contributed by atoms with van der Waals surface area (Å²) in [5, 5.41) is 11.9. The molecule has 0 amide bonds. The van der Waals surface area contributed by atoms with Gasteiger partial charge < -0.3 is 10.9 Å². The molecule has 1 aromatic carbocycles. The van der Waals surface area contributed by atoms with Gasteiger partial charge in [0.1, 0.15) is 0 Å². The van der Waals surface area contributed by atoms with E-state index in [2.05, 4.69) is 5.16 Å². The molecule has 0 aromatic heterocycles. The van der Waals surface area contributed by atoms with Gasteiger partial charge in [0, 0.05) is 11.3 Å². The van der Waals surface area contributed by atoms with Gasteiger partial charge in [-0.25, -0.2) is 0 Å². The van der Waals surface area contributed by atoms with Crippen molar-refractivity contribution in [1.29, 1.82) is 0 Å². The first-order valence-electron chi connectivity index (χ1n) is 3.91. The van der Waals surface area contributed by atoms with E-state index in [9.17, 15) is 0 Å². The van der Waals surface area contributed by atoms with E-state index in [0.29, 0.717) is 0 Å². The minimum atomic E-state index is 0.719. The van der Waals surface area contributed by atoms with E-state index in [-0.39, 0.29) is 0 Å². The van der Waals surface area contributed by atoms with Gasteiger partial charge in [-0.3, -0.25) is 0 Å². The third-order valence-corrected chi connectivity index (χ3v) is 2.20. The molecule has 0 spiro atoms. The van der Waals surface area contributed by atoms with Crippen molar-refractivity contribution >= 4 is 11.4 Å². The van der Waals surface area contributed by atoms with Crippen LogP contribution >= 0.6 is 0 Å². The number of nitrogens with zero attached hydrogens (tertiary/aromatic N) is 1. The number of rotatable bonds is 0. The predicted octanol–water partition coefficient (Wildman–Crippen LogP) is 1.39. The van der Waals surface area contributed by atoms with Crippen molar-refractivity contribution in [3.05, 3.63) is 29.3 Å². The van der Waals surface area contributed by atoms with E-state index >= 15 is 0 Å². The minimum Gasteiger partial charge on any atom is -0.411 e. The Morgan fingerprint density at radius 3 is 2.92 bits per heavy atom. The van der Waals surface area contributed by atoms with Crippen LogP contribution < -0.4 is 5.73 Å². The molecule has 0 unspecified atom stereocenters. The van der Waals surface area contributed by atoms with E-state index < -0.39 is 0 Å². The molecule has 3 nitrogen and oxygen atoms in total. The summed E-state index contributed by atoms with van der Waals surface area (Å²) in [7, 11) is 0. The van der Waals surface area contributed by atoms with Crippen molar-refractivity contribution in [2.24, 2.45) is 5.16 Å². The third kappa shape index (κ3) is 0.942. The Kier molecular flexibility index (Phi) is 1.50. The molecule has 1 aliphatic rings. The Morgan fingerprint density at radius 1 is 1.33 bits per heavy atom. The van der Waals surface area contributed by atoms with Crippen molar-refractivity contribution in [3.63, 3.8) is 0 Å². The molecule has 3 heteroatoms. The number of hydrogen-bond acceptors (Lipinski definition) is 3. The number of nitrogen functional groups attached to an aromatic ring is 1. The number of hydrogen-bond donors (Lipinski definition) is 2. The lowest BCUT2D eigenvalue weighted by atomic mass is 10.1. The molecule has 3 N–H and O–H groups in total. The summed E-state index contributed by atoms with van der Waals surface area (Å²) in [6.45, 7) is 0. The molecule has 1 aliphatic carbocycles. The second kappa shape index (κ2) is 2.52. The monoisotopic (exact) mass is 162 g/mol. The number of fused-ring (bicyclic) bond motifs is 1. The van der Waals surface area contributed by atoms with Gasteiger partial charge in [0.2, 0.25) is 0 Å². The number of aryl methyl sites for hydroxylation is 1. The van der Waals surface area contributed by atoms with Crippen LogP contribution in [0.4, 0.5) is 5.69 Å². The topological polar surface area (TPSA) is 58.6 Å². The molecule has 62 valence electrons. The van der Waals surface area contributed by atoms with Crippen molar-refractivity contribution in [3.8, 4) is 0 Å². The van der Waals surface area contributed by atoms with Crippen LogP contribution in [0.1, 0.15) is 17.5 Å². The zero-order valence-electron chi connectivity index (χ0n) is 6.62. The van der Waals surface area contributed by atoms with Gasteiger partial charge in [-0.1, -0.05) is 11.2 Å². The zero-order chi connectivity index (χ0) is 8.55. The van der Waals surface area contributed by atoms with Crippen molar-refractivity contribution < 1.29 is 5.21 Å². The number of benzene rings is 1.